The highest BCUT2D eigenvalue weighted by Gasteiger charge is 2.17. The molecule has 8 heteroatoms. The number of nitrogens with zero attached hydrogens (tertiary/aromatic N) is 2. The quantitative estimate of drug-likeness (QED) is 0.456. The van der Waals surface area contributed by atoms with Crippen molar-refractivity contribution in [1.82, 2.24) is 19.4 Å². The van der Waals surface area contributed by atoms with Gasteiger partial charge in [-0.1, -0.05) is 6.42 Å². The molecule has 2 aromatic heterocycles. The number of hydrogen-bond acceptors (Lipinski definition) is 4. The molecular formula is C21H26N4O3S. The van der Waals surface area contributed by atoms with Crippen LogP contribution in [0.1, 0.15) is 38.5 Å². The zero-order valence-corrected chi connectivity index (χ0v) is 17.4. The van der Waals surface area contributed by atoms with Crippen molar-refractivity contribution < 1.29 is 9.53 Å². The molecule has 29 heavy (non-hydrogen) atoms. The summed E-state index contributed by atoms with van der Waals surface area (Å²) < 4.78 is 7.31. The summed E-state index contributed by atoms with van der Waals surface area (Å²) in [6.45, 7) is 2.35. The van der Waals surface area contributed by atoms with Gasteiger partial charge in [-0.3, -0.25) is 14.2 Å². The maximum absolute atomic E-state index is 13.0. The summed E-state index contributed by atoms with van der Waals surface area (Å²) in [4.78, 5) is 33.4. The topological polar surface area (TPSA) is 83.1 Å². The lowest BCUT2D eigenvalue weighted by atomic mass is 10.2. The van der Waals surface area contributed by atoms with Gasteiger partial charge in [-0.2, -0.15) is 0 Å². The first-order valence-electron chi connectivity index (χ1n) is 10.2. The van der Waals surface area contributed by atoms with Gasteiger partial charge in [-0.05, 0) is 56.1 Å². The summed E-state index contributed by atoms with van der Waals surface area (Å²) in [5, 5.41) is 0.884. The number of rotatable bonds is 7. The third-order valence-electron chi connectivity index (χ3n) is 5.67. The zero-order valence-electron chi connectivity index (χ0n) is 16.6. The van der Waals surface area contributed by atoms with E-state index in [1.165, 1.54) is 0 Å². The number of nitrogens with one attached hydrogen (secondary N) is 2. The Kier molecular flexibility index (Phi) is 5.71. The molecule has 1 amide bonds. The largest absolute Gasteiger partial charge is 0.497 e. The summed E-state index contributed by atoms with van der Waals surface area (Å²) >= 11 is 5.45. The first-order chi connectivity index (χ1) is 14.1. The van der Waals surface area contributed by atoms with Gasteiger partial charge < -0.3 is 19.6 Å². The molecule has 1 aliphatic rings. The summed E-state index contributed by atoms with van der Waals surface area (Å²) in [6, 6.07) is 5.64. The van der Waals surface area contributed by atoms with Crippen molar-refractivity contribution in [3.63, 3.8) is 0 Å². The number of fused-ring (bicyclic) bond motifs is 3. The van der Waals surface area contributed by atoms with Gasteiger partial charge in [0.15, 0.2) is 4.77 Å². The van der Waals surface area contributed by atoms with Crippen molar-refractivity contribution in [2.75, 3.05) is 20.2 Å². The Morgan fingerprint density at radius 1 is 1.14 bits per heavy atom. The van der Waals surface area contributed by atoms with Gasteiger partial charge in [0, 0.05) is 37.0 Å². The van der Waals surface area contributed by atoms with Crippen LogP contribution in [0.15, 0.2) is 23.0 Å². The molecule has 1 fully saturated rings. The molecule has 1 saturated heterocycles. The van der Waals surface area contributed by atoms with Crippen molar-refractivity contribution in [2.45, 2.75) is 45.1 Å². The van der Waals surface area contributed by atoms with E-state index < -0.39 is 0 Å². The minimum absolute atomic E-state index is 0.118. The molecular weight excluding hydrogens is 388 g/mol. The summed E-state index contributed by atoms with van der Waals surface area (Å²) in [6.07, 6.45) is 5.37. The highest BCUT2D eigenvalue weighted by molar-refractivity contribution is 7.71. The fourth-order valence-corrected chi connectivity index (χ4v) is 4.32. The van der Waals surface area contributed by atoms with E-state index >= 15 is 0 Å². The van der Waals surface area contributed by atoms with E-state index in [9.17, 15) is 9.59 Å². The van der Waals surface area contributed by atoms with Crippen molar-refractivity contribution in [3.05, 3.63) is 33.3 Å². The number of unbranched alkanes of at least 4 members (excludes halogenated alkanes) is 2. The molecule has 0 atom stereocenters. The molecule has 0 bridgehead atoms. The second kappa shape index (κ2) is 8.41. The number of benzene rings is 1. The van der Waals surface area contributed by atoms with Gasteiger partial charge in [0.2, 0.25) is 5.91 Å². The number of methoxy groups -OCH3 is 1. The molecule has 3 aromatic rings. The number of likely N-dealkylation sites (tertiary alicyclic amines) is 1. The second-order valence-electron chi connectivity index (χ2n) is 7.57. The standard InChI is InChI=1S/C21H26N4O3S/c1-28-14-8-9-16-15(13-14)18-19(22-16)20(27)25(21(29)23-18)12-4-2-3-7-17(26)24-10-5-6-11-24/h8-9,13,22H,2-7,10-12H2,1H3,(H,23,29). The van der Waals surface area contributed by atoms with Crippen LogP contribution in [0.25, 0.3) is 21.9 Å². The fraction of sp³-hybridized carbons (Fsp3) is 0.476. The van der Waals surface area contributed by atoms with E-state index in [1.807, 2.05) is 23.1 Å². The van der Waals surface area contributed by atoms with E-state index in [0.29, 0.717) is 28.8 Å². The van der Waals surface area contributed by atoms with E-state index in [4.69, 9.17) is 17.0 Å². The van der Waals surface area contributed by atoms with Gasteiger partial charge in [-0.15, -0.1) is 0 Å². The van der Waals surface area contributed by atoms with Crippen LogP contribution in [0.2, 0.25) is 0 Å². The minimum atomic E-state index is -0.118. The predicted molar refractivity (Wildman–Crippen MR) is 116 cm³/mol. The van der Waals surface area contributed by atoms with Crippen molar-refractivity contribution in [1.29, 1.82) is 0 Å². The van der Waals surface area contributed by atoms with Crippen LogP contribution in [0.4, 0.5) is 0 Å². The molecule has 0 radical (unpaired) electrons. The van der Waals surface area contributed by atoms with Crippen LogP contribution < -0.4 is 10.3 Å². The predicted octanol–water partition coefficient (Wildman–Crippen LogP) is 3.73. The highest BCUT2D eigenvalue weighted by Crippen LogP contribution is 2.25. The van der Waals surface area contributed by atoms with Gasteiger partial charge >= 0.3 is 0 Å². The third kappa shape index (κ3) is 3.94. The third-order valence-corrected chi connectivity index (χ3v) is 6.00. The van der Waals surface area contributed by atoms with Gasteiger partial charge in [0.25, 0.3) is 5.56 Å². The lowest BCUT2D eigenvalue weighted by Gasteiger charge is -2.14. The maximum Gasteiger partial charge on any atom is 0.278 e. The Labute approximate surface area is 173 Å². The average Bonchev–Trinajstić information content (AvgIpc) is 3.38. The van der Waals surface area contributed by atoms with Gasteiger partial charge in [0.1, 0.15) is 11.3 Å². The number of aromatic amines is 2. The number of ether oxygens (including phenoxy) is 1. The number of H-pyrrole nitrogens is 2. The number of aromatic nitrogens is 3. The average molecular weight is 415 g/mol. The zero-order chi connectivity index (χ0) is 20.4. The molecule has 0 saturated carbocycles. The Hall–Kier alpha value is -2.61. The molecule has 3 heterocycles. The first-order valence-corrected chi connectivity index (χ1v) is 10.6. The summed E-state index contributed by atoms with van der Waals surface area (Å²) in [5.41, 5.74) is 1.97. The van der Waals surface area contributed by atoms with E-state index in [1.54, 1.807) is 11.7 Å². The smallest absolute Gasteiger partial charge is 0.278 e. The number of amides is 1. The molecule has 0 unspecified atom stereocenters. The fourth-order valence-electron chi connectivity index (χ4n) is 4.04. The van der Waals surface area contributed by atoms with Crippen molar-refractivity contribution in [2.24, 2.45) is 0 Å². The summed E-state index contributed by atoms with van der Waals surface area (Å²) in [5.74, 6) is 0.984. The number of carbonyl (C=O) groups excluding carboxylic acids is 1. The van der Waals surface area contributed by atoms with Crippen molar-refractivity contribution >= 4 is 40.1 Å². The van der Waals surface area contributed by atoms with Gasteiger partial charge in [-0.25, -0.2) is 0 Å². The monoisotopic (exact) mass is 414 g/mol. The molecule has 0 spiro atoms. The highest BCUT2D eigenvalue weighted by atomic mass is 32.1. The molecule has 4 rings (SSSR count). The van der Waals surface area contributed by atoms with Gasteiger partial charge in [0.05, 0.1) is 12.6 Å². The molecule has 2 N–H and O–H groups in total. The van der Waals surface area contributed by atoms with Crippen LogP contribution in [0.3, 0.4) is 0 Å². The molecule has 0 aliphatic carbocycles. The SMILES string of the molecule is COc1ccc2[nH]c3c(=O)n(CCCCCC(=O)N4CCCC4)c(=S)[nH]c3c2c1. The Balaban J connectivity index is 1.45. The lowest BCUT2D eigenvalue weighted by molar-refractivity contribution is -0.130. The Morgan fingerprint density at radius 3 is 2.69 bits per heavy atom. The van der Waals surface area contributed by atoms with Crippen LogP contribution in [-0.2, 0) is 11.3 Å². The first kappa shape index (κ1) is 19.7. The molecule has 1 aromatic carbocycles. The second-order valence-corrected chi connectivity index (χ2v) is 7.96. The molecule has 154 valence electrons. The van der Waals surface area contributed by atoms with Crippen LogP contribution in [-0.4, -0.2) is 45.5 Å². The normalized spacial score (nSPS) is 14.2. The Bertz CT molecular complexity index is 1150. The van der Waals surface area contributed by atoms with Crippen molar-refractivity contribution in [3.8, 4) is 5.75 Å². The summed E-state index contributed by atoms with van der Waals surface area (Å²) in [7, 11) is 1.62. The number of hydrogen-bond donors (Lipinski definition) is 2. The van der Waals surface area contributed by atoms with E-state index in [0.717, 1.165) is 61.8 Å². The Morgan fingerprint density at radius 2 is 1.93 bits per heavy atom. The maximum atomic E-state index is 13.0. The minimum Gasteiger partial charge on any atom is -0.497 e. The van der Waals surface area contributed by atoms with Crippen LogP contribution in [0, 0.1) is 4.77 Å². The molecule has 7 nitrogen and oxygen atoms in total. The van der Waals surface area contributed by atoms with E-state index in [-0.39, 0.29) is 11.5 Å². The number of carbonyl (C=O) groups is 1. The van der Waals surface area contributed by atoms with Crippen LogP contribution in [0.5, 0.6) is 5.75 Å². The lowest BCUT2D eigenvalue weighted by Crippen LogP contribution is -2.27. The molecule has 1 aliphatic heterocycles. The van der Waals surface area contributed by atoms with Crippen LogP contribution >= 0.6 is 12.2 Å². The van der Waals surface area contributed by atoms with E-state index in [2.05, 4.69) is 9.97 Å².